The normalized spacial score (nSPS) is 17.1. The highest BCUT2D eigenvalue weighted by Gasteiger charge is 2.33. The van der Waals surface area contributed by atoms with Gasteiger partial charge in [0.1, 0.15) is 12.7 Å². The van der Waals surface area contributed by atoms with Crippen LogP contribution in [0.2, 0.25) is 0 Å². The van der Waals surface area contributed by atoms with Crippen molar-refractivity contribution in [1.82, 2.24) is 24.6 Å². The minimum absolute atomic E-state index is 0.152. The van der Waals surface area contributed by atoms with Crippen molar-refractivity contribution in [2.75, 3.05) is 18.4 Å². The smallest absolute Gasteiger partial charge is 0.324 e. The lowest BCUT2D eigenvalue weighted by Gasteiger charge is -2.33. The topological polar surface area (TPSA) is 117 Å². The molecule has 10 heteroatoms. The van der Waals surface area contributed by atoms with Gasteiger partial charge in [0.25, 0.3) is 0 Å². The second-order valence-corrected chi connectivity index (χ2v) is 8.85. The van der Waals surface area contributed by atoms with Crippen LogP contribution < -0.4 is 10.0 Å². The van der Waals surface area contributed by atoms with Gasteiger partial charge in [0, 0.05) is 19.1 Å². The lowest BCUT2D eigenvalue weighted by molar-refractivity contribution is 0.192. The van der Waals surface area contributed by atoms with E-state index in [1.54, 1.807) is 25.7 Å². The fourth-order valence-corrected chi connectivity index (χ4v) is 3.10. The summed E-state index contributed by atoms with van der Waals surface area (Å²) in [7, 11) is -3.38. The monoisotopic (exact) mass is 342 g/mol. The number of anilines is 1. The SMILES string of the molecule is CC(C)(C)S(=O)(=O)NC1CCN(C(=O)Nc2ncncn2)CC1. The molecule has 1 aromatic heterocycles. The van der Waals surface area contributed by atoms with Crippen LogP contribution >= 0.6 is 0 Å². The summed E-state index contributed by atoms with van der Waals surface area (Å²) in [6.07, 6.45) is 3.74. The second kappa shape index (κ2) is 6.75. The molecule has 0 bridgehead atoms. The van der Waals surface area contributed by atoms with Gasteiger partial charge in [0.05, 0.1) is 4.75 Å². The van der Waals surface area contributed by atoms with Gasteiger partial charge in [-0.05, 0) is 33.6 Å². The van der Waals surface area contributed by atoms with Gasteiger partial charge in [-0.1, -0.05) is 0 Å². The van der Waals surface area contributed by atoms with Crippen molar-refractivity contribution in [2.45, 2.75) is 44.4 Å². The van der Waals surface area contributed by atoms with E-state index in [9.17, 15) is 13.2 Å². The predicted molar refractivity (Wildman–Crippen MR) is 85.2 cm³/mol. The number of hydrogen-bond donors (Lipinski definition) is 2. The Morgan fingerprint density at radius 1 is 1.22 bits per heavy atom. The summed E-state index contributed by atoms with van der Waals surface area (Å²) in [6.45, 7) is 5.91. The minimum Gasteiger partial charge on any atom is -0.324 e. The molecule has 2 N–H and O–H groups in total. The number of carbonyl (C=O) groups excluding carboxylic acids is 1. The Labute approximate surface area is 136 Å². The van der Waals surface area contributed by atoms with Crippen molar-refractivity contribution in [3.8, 4) is 0 Å². The van der Waals surface area contributed by atoms with Crippen molar-refractivity contribution in [2.24, 2.45) is 0 Å². The number of hydrogen-bond acceptors (Lipinski definition) is 6. The maximum atomic E-state index is 12.2. The van der Waals surface area contributed by atoms with Gasteiger partial charge in [-0.3, -0.25) is 5.32 Å². The van der Waals surface area contributed by atoms with Crippen LogP contribution in [-0.4, -0.2) is 58.2 Å². The molecule has 1 saturated heterocycles. The number of aromatic nitrogens is 3. The lowest BCUT2D eigenvalue weighted by atomic mass is 10.1. The summed E-state index contributed by atoms with van der Waals surface area (Å²) in [6, 6.07) is -0.450. The predicted octanol–water partition coefficient (Wildman–Crippen LogP) is 0.586. The summed E-state index contributed by atoms with van der Waals surface area (Å²) in [5.41, 5.74) is 0. The number of carbonyl (C=O) groups is 1. The number of amides is 2. The van der Waals surface area contributed by atoms with E-state index in [1.165, 1.54) is 12.7 Å². The maximum Gasteiger partial charge on any atom is 0.324 e. The van der Waals surface area contributed by atoms with Crippen molar-refractivity contribution in [3.63, 3.8) is 0 Å². The van der Waals surface area contributed by atoms with E-state index in [0.717, 1.165) is 0 Å². The molecule has 0 aliphatic carbocycles. The zero-order valence-electron chi connectivity index (χ0n) is 13.5. The van der Waals surface area contributed by atoms with Crippen LogP contribution in [0.5, 0.6) is 0 Å². The number of piperidine rings is 1. The molecule has 1 aliphatic rings. The Hall–Kier alpha value is -1.81. The number of nitrogens with one attached hydrogen (secondary N) is 2. The first kappa shape index (κ1) is 17.5. The van der Waals surface area contributed by atoms with E-state index in [1.807, 2.05) is 0 Å². The van der Waals surface area contributed by atoms with Gasteiger partial charge in [0.15, 0.2) is 0 Å². The molecule has 1 aliphatic heterocycles. The molecule has 0 aromatic carbocycles. The Morgan fingerprint density at radius 2 is 1.78 bits per heavy atom. The first-order valence-electron chi connectivity index (χ1n) is 7.39. The van der Waals surface area contributed by atoms with E-state index < -0.39 is 14.8 Å². The van der Waals surface area contributed by atoms with Crippen LogP contribution in [0.3, 0.4) is 0 Å². The zero-order chi connectivity index (χ0) is 17.1. The Morgan fingerprint density at radius 3 is 2.30 bits per heavy atom. The maximum absolute atomic E-state index is 12.2. The fraction of sp³-hybridized carbons (Fsp3) is 0.692. The average molecular weight is 342 g/mol. The van der Waals surface area contributed by atoms with Gasteiger partial charge in [-0.15, -0.1) is 0 Å². The number of nitrogens with zero attached hydrogens (tertiary/aromatic N) is 4. The van der Waals surface area contributed by atoms with Crippen molar-refractivity contribution in [1.29, 1.82) is 0 Å². The molecule has 0 saturated carbocycles. The third kappa shape index (κ3) is 4.58. The van der Waals surface area contributed by atoms with Crippen LogP contribution in [0.4, 0.5) is 10.7 Å². The van der Waals surface area contributed by atoms with E-state index in [-0.39, 0.29) is 18.0 Å². The van der Waals surface area contributed by atoms with Crippen LogP contribution in [0.15, 0.2) is 12.7 Å². The van der Waals surface area contributed by atoms with E-state index in [0.29, 0.717) is 25.9 Å². The molecule has 2 amide bonds. The highest BCUT2D eigenvalue weighted by Crippen LogP contribution is 2.18. The van der Waals surface area contributed by atoms with Crippen LogP contribution in [-0.2, 0) is 10.0 Å². The quantitative estimate of drug-likeness (QED) is 0.830. The molecule has 9 nitrogen and oxygen atoms in total. The number of likely N-dealkylation sites (tertiary alicyclic amines) is 1. The first-order chi connectivity index (χ1) is 10.7. The van der Waals surface area contributed by atoms with Crippen LogP contribution in [0.1, 0.15) is 33.6 Å². The fourth-order valence-electron chi connectivity index (χ4n) is 2.08. The van der Waals surface area contributed by atoms with E-state index in [2.05, 4.69) is 25.0 Å². The zero-order valence-corrected chi connectivity index (χ0v) is 14.3. The number of rotatable bonds is 3. The van der Waals surface area contributed by atoms with Gasteiger partial charge in [-0.25, -0.2) is 32.9 Å². The minimum atomic E-state index is -3.38. The standard InChI is InChI=1S/C13H22N6O3S/c1-13(2,3)23(21,22)18-10-4-6-19(7-5-10)12(20)17-11-15-8-14-9-16-11/h8-10,18H,4-7H2,1-3H3,(H,14,15,16,17,20). The van der Waals surface area contributed by atoms with Gasteiger partial charge >= 0.3 is 6.03 Å². The van der Waals surface area contributed by atoms with Crippen LogP contribution in [0.25, 0.3) is 0 Å². The van der Waals surface area contributed by atoms with Gasteiger partial charge < -0.3 is 4.90 Å². The summed E-state index contributed by atoms with van der Waals surface area (Å²) >= 11 is 0. The molecule has 0 atom stereocenters. The number of sulfonamides is 1. The largest absolute Gasteiger partial charge is 0.324 e. The third-order valence-electron chi connectivity index (χ3n) is 3.62. The van der Waals surface area contributed by atoms with Crippen LogP contribution in [0, 0.1) is 0 Å². The molecule has 0 spiro atoms. The molecule has 128 valence electrons. The average Bonchev–Trinajstić information content (AvgIpc) is 2.47. The molecule has 1 fully saturated rings. The van der Waals surface area contributed by atoms with Gasteiger partial charge in [0.2, 0.25) is 16.0 Å². The third-order valence-corrected chi connectivity index (χ3v) is 5.88. The molecular formula is C13H22N6O3S. The highest BCUT2D eigenvalue weighted by atomic mass is 32.2. The number of urea groups is 1. The Bertz CT molecular complexity index is 635. The van der Waals surface area contributed by atoms with Gasteiger partial charge in [-0.2, -0.15) is 0 Å². The molecule has 2 rings (SSSR count). The second-order valence-electron chi connectivity index (χ2n) is 6.39. The van der Waals surface area contributed by atoms with E-state index >= 15 is 0 Å². The molecule has 2 heterocycles. The summed E-state index contributed by atoms with van der Waals surface area (Å²) in [5.74, 6) is 0.195. The van der Waals surface area contributed by atoms with Crippen molar-refractivity contribution < 1.29 is 13.2 Å². The molecule has 23 heavy (non-hydrogen) atoms. The molecule has 0 radical (unpaired) electrons. The summed E-state index contributed by atoms with van der Waals surface area (Å²) in [5, 5.41) is 2.59. The Kier molecular flexibility index (Phi) is 5.15. The summed E-state index contributed by atoms with van der Waals surface area (Å²) in [4.78, 5) is 25.1. The summed E-state index contributed by atoms with van der Waals surface area (Å²) < 4.78 is 26.2. The lowest BCUT2D eigenvalue weighted by Crippen LogP contribution is -2.50. The highest BCUT2D eigenvalue weighted by molar-refractivity contribution is 7.90. The first-order valence-corrected chi connectivity index (χ1v) is 8.87. The van der Waals surface area contributed by atoms with Crippen molar-refractivity contribution >= 4 is 22.0 Å². The Balaban J connectivity index is 1.85. The molecule has 1 aromatic rings. The van der Waals surface area contributed by atoms with Crippen molar-refractivity contribution in [3.05, 3.63) is 12.7 Å². The molecule has 0 unspecified atom stereocenters. The molecular weight excluding hydrogens is 320 g/mol. The van der Waals surface area contributed by atoms with E-state index in [4.69, 9.17) is 0 Å².